The van der Waals surface area contributed by atoms with Crippen LogP contribution in [0, 0.1) is 15.9 Å². The topological polar surface area (TPSA) is 81.2 Å². The van der Waals surface area contributed by atoms with Crippen LogP contribution in [0.1, 0.15) is 26.2 Å². The largest absolute Gasteiger partial charge is 0.381 e. The van der Waals surface area contributed by atoms with E-state index < -0.39 is 10.7 Å². The predicted molar refractivity (Wildman–Crippen MR) is 69.0 cm³/mol. The Morgan fingerprint density at radius 3 is 2.78 bits per heavy atom. The van der Waals surface area contributed by atoms with Gasteiger partial charge in [0.25, 0.3) is 5.69 Å². The number of rotatable bonds is 7. The predicted octanol–water partition coefficient (Wildman–Crippen LogP) is 2.66. The van der Waals surface area contributed by atoms with Crippen molar-refractivity contribution >= 4 is 11.4 Å². The molecule has 0 amide bonds. The van der Waals surface area contributed by atoms with Crippen molar-refractivity contribution in [1.29, 1.82) is 0 Å². The van der Waals surface area contributed by atoms with Crippen LogP contribution in [0.4, 0.5) is 15.8 Å². The van der Waals surface area contributed by atoms with E-state index in [-0.39, 0.29) is 11.7 Å². The van der Waals surface area contributed by atoms with Gasteiger partial charge in [0, 0.05) is 24.3 Å². The van der Waals surface area contributed by atoms with E-state index >= 15 is 0 Å². The van der Waals surface area contributed by atoms with Gasteiger partial charge in [-0.2, -0.15) is 0 Å². The van der Waals surface area contributed by atoms with Crippen LogP contribution in [-0.2, 0) is 0 Å². The van der Waals surface area contributed by atoms with Crippen molar-refractivity contribution in [3.05, 3.63) is 34.1 Å². The minimum Gasteiger partial charge on any atom is -0.381 e. The summed E-state index contributed by atoms with van der Waals surface area (Å²) < 4.78 is 13.2. The molecule has 100 valence electrons. The number of unbranched alkanes of at least 4 members (excludes halogenated alkanes) is 1. The molecule has 1 aromatic rings. The number of non-ortho nitro benzene ring substituents is 1. The van der Waals surface area contributed by atoms with Gasteiger partial charge >= 0.3 is 0 Å². The summed E-state index contributed by atoms with van der Waals surface area (Å²) in [5.41, 5.74) is 5.74. The molecule has 1 rings (SSSR count). The molecule has 3 N–H and O–H groups in total. The normalized spacial score (nSPS) is 12.2. The summed E-state index contributed by atoms with van der Waals surface area (Å²) >= 11 is 0. The quantitative estimate of drug-likeness (QED) is 0.579. The van der Waals surface area contributed by atoms with E-state index in [1.807, 2.05) is 0 Å². The zero-order chi connectivity index (χ0) is 13.5. The molecule has 0 aliphatic heterocycles. The molecule has 0 aromatic heterocycles. The zero-order valence-electron chi connectivity index (χ0n) is 10.4. The zero-order valence-corrected chi connectivity index (χ0v) is 10.4. The lowest BCUT2D eigenvalue weighted by atomic mass is 10.1. The first-order chi connectivity index (χ1) is 8.56. The average molecular weight is 255 g/mol. The SMILES string of the molecule is CCCCC(CN)Nc1cc(F)cc([N+](=O)[O-])c1. The molecule has 0 heterocycles. The van der Waals surface area contributed by atoms with Crippen LogP contribution in [-0.4, -0.2) is 17.5 Å². The van der Waals surface area contributed by atoms with Gasteiger partial charge in [-0.3, -0.25) is 10.1 Å². The van der Waals surface area contributed by atoms with Crippen LogP contribution in [0.3, 0.4) is 0 Å². The van der Waals surface area contributed by atoms with Crippen LogP contribution in [0.5, 0.6) is 0 Å². The summed E-state index contributed by atoms with van der Waals surface area (Å²) in [6.45, 7) is 2.48. The number of nitrogens with one attached hydrogen (secondary N) is 1. The van der Waals surface area contributed by atoms with E-state index in [0.29, 0.717) is 12.2 Å². The standard InChI is InChI=1S/C12H18FN3O2/c1-2-3-4-10(8-14)15-11-5-9(13)6-12(7-11)16(17)18/h5-7,10,15H,2-4,8,14H2,1H3. The van der Waals surface area contributed by atoms with E-state index in [9.17, 15) is 14.5 Å². The second-order valence-corrected chi connectivity index (χ2v) is 4.17. The second kappa shape index (κ2) is 6.90. The summed E-state index contributed by atoms with van der Waals surface area (Å²) in [7, 11) is 0. The molecular formula is C12H18FN3O2. The number of nitrogens with zero attached hydrogens (tertiary/aromatic N) is 1. The van der Waals surface area contributed by atoms with Crippen LogP contribution < -0.4 is 11.1 Å². The van der Waals surface area contributed by atoms with Gasteiger partial charge in [-0.05, 0) is 12.5 Å². The average Bonchev–Trinajstić information content (AvgIpc) is 2.33. The minimum atomic E-state index is -0.627. The Bertz CT molecular complexity index is 412. The fraction of sp³-hybridized carbons (Fsp3) is 0.500. The molecular weight excluding hydrogens is 237 g/mol. The van der Waals surface area contributed by atoms with E-state index in [1.54, 1.807) is 0 Å². The highest BCUT2D eigenvalue weighted by atomic mass is 19.1. The van der Waals surface area contributed by atoms with E-state index in [0.717, 1.165) is 25.3 Å². The molecule has 18 heavy (non-hydrogen) atoms. The summed E-state index contributed by atoms with van der Waals surface area (Å²) in [6.07, 6.45) is 2.91. The van der Waals surface area contributed by atoms with Gasteiger partial charge in [0.05, 0.1) is 11.0 Å². The molecule has 0 fully saturated rings. The van der Waals surface area contributed by atoms with Crippen molar-refractivity contribution in [2.24, 2.45) is 5.73 Å². The highest BCUT2D eigenvalue weighted by molar-refractivity contribution is 5.52. The Morgan fingerprint density at radius 1 is 1.50 bits per heavy atom. The van der Waals surface area contributed by atoms with Gasteiger partial charge in [0.2, 0.25) is 0 Å². The second-order valence-electron chi connectivity index (χ2n) is 4.17. The molecule has 0 radical (unpaired) electrons. The number of nitro groups is 1. The number of hydrogen-bond acceptors (Lipinski definition) is 4. The lowest BCUT2D eigenvalue weighted by molar-refractivity contribution is -0.385. The Kier molecular flexibility index (Phi) is 5.51. The lowest BCUT2D eigenvalue weighted by Gasteiger charge is -2.17. The third-order valence-electron chi connectivity index (χ3n) is 2.65. The number of anilines is 1. The first-order valence-electron chi connectivity index (χ1n) is 5.98. The fourth-order valence-electron chi connectivity index (χ4n) is 1.70. The minimum absolute atomic E-state index is 0.00588. The van der Waals surface area contributed by atoms with Crippen LogP contribution >= 0.6 is 0 Å². The highest BCUT2D eigenvalue weighted by Crippen LogP contribution is 2.21. The Hall–Kier alpha value is -1.69. The van der Waals surface area contributed by atoms with Gasteiger partial charge in [0.15, 0.2) is 0 Å². The number of nitrogens with two attached hydrogens (primary N) is 1. The van der Waals surface area contributed by atoms with Crippen molar-refractivity contribution in [2.45, 2.75) is 32.2 Å². The van der Waals surface area contributed by atoms with Gasteiger partial charge in [-0.1, -0.05) is 19.8 Å². The number of nitro benzene ring substituents is 1. The maximum absolute atomic E-state index is 13.2. The molecule has 1 aromatic carbocycles. The first-order valence-corrected chi connectivity index (χ1v) is 5.98. The fourth-order valence-corrected chi connectivity index (χ4v) is 1.70. The molecule has 0 aliphatic rings. The van der Waals surface area contributed by atoms with Crippen LogP contribution in [0.25, 0.3) is 0 Å². The van der Waals surface area contributed by atoms with Crippen molar-refractivity contribution in [1.82, 2.24) is 0 Å². The van der Waals surface area contributed by atoms with E-state index in [1.165, 1.54) is 12.1 Å². The van der Waals surface area contributed by atoms with Crippen molar-refractivity contribution < 1.29 is 9.31 Å². The number of halogens is 1. The summed E-state index contributed by atoms with van der Waals surface area (Å²) in [5.74, 6) is -0.627. The third kappa shape index (κ3) is 4.29. The summed E-state index contributed by atoms with van der Waals surface area (Å²) in [6, 6.07) is 3.46. The van der Waals surface area contributed by atoms with Crippen LogP contribution in [0.2, 0.25) is 0 Å². The lowest BCUT2D eigenvalue weighted by Crippen LogP contribution is -2.28. The molecule has 1 atom stereocenters. The van der Waals surface area contributed by atoms with Gasteiger partial charge in [-0.15, -0.1) is 0 Å². The molecule has 6 heteroatoms. The smallest absolute Gasteiger partial charge is 0.274 e. The Morgan fingerprint density at radius 2 is 2.22 bits per heavy atom. The Balaban J connectivity index is 2.79. The highest BCUT2D eigenvalue weighted by Gasteiger charge is 2.12. The van der Waals surface area contributed by atoms with Gasteiger partial charge < -0.3 is 11.1 Å². The van der Waals surface area contributed by atoms with Crippen molar-refractivity contribution in [3.63, 3.8) is 0 Å². The maximum Gasteiger partial charge on any atom is 0.274 e. The van der Waals surface area contributed by atoms with Gasteiger partial charge in [0.1, 0.15) is 5.82 Å². The van der Waals surface area contributed by atoms with Crippen molar-refractivity contribution in [2.75, 3.05) is 11.9 Å². The molecule has 0 spiro atoms. The number of hydrogen-bond donors (Lipinski definition) is 2. The van der Waals surface area contributed by atoms with E-state index in [2.05, 4.69) is 12.2 Å². The molecule has 0 saturated carbocycles. The van der Waals surface area contributed by atoms with Crippen molar-refractivity contribution in [3.8, 4) is 0 Å². The molecule has 0 saturated heterocycles. The Labute approximate surface area is 105 Å². The molecule has 1 unspecified atom stereocenters. The summed E-state index contributed by atoms with van der Waals surface area (Å²) in [5, 5.41) is 13.6. The monoisotopic (exact) mass is 255 g/mol. The van der Waals surface area contributed by atoms with Gasteiger partial charge in [-0.25, -0.2) is 4.39 Å². The molecule has 0 bridgehead atoms. The van der Waals surface area contributed by atoms with Crippen LogP contribution in [0.15, 0.2) is 18.2 Å². The molecule has 0 aliphatic carbocycles. The molecule has 5 nitrogen and oxygen atoms in total. The first kappa shape index (κ1) is 14.4. The third-order valence-corrected chi connectivity index (χ3v) is 2.65. The van der Waals surface area contributed by atoms with E-state index in [4.69, 9.17) is 5.73 Å². The number of benzene rings is 1. The maximum atomic E-state index is 13.2. The summed E-state index contributed by atoms with van der Waals surface area (Å²) in [4.78, 5) is 10.0.